The predicted molar refractivity (Wildman–Crippen MR) is 114 cm³/mol. The van der Waals surface area contributed by atoms with Crippen LogP contribution in [0, 0.1) is 11.6 Å². The van der Waals surface area contributed by atoms with E-state index in [2.05, 4.69) is 19.9 Å². The summed E-state index contributed by atoms with van der Waals surface area (Å²) in [5.74, 6) is 0.822. The van der Waals surface area contributed by atoms with E-state index in [-0.39, 0.29) is 23.1 Å². The molecule has 31 heavy (non-hydrogen) atoms. The summed E-state index contributed by atoms with van der Waals surface area (Å²) >= 11 is 0. The van der Waals surface area contributed by atoms with E-state index in [0.29, 0.717) is 18.3 Å². The molecule has 1 aliphatic rings. The Bertz CT molecular complexity index is 942. The van der Waals surface area contributed by atoms with Crippen molar-refractivity contribution in [3.63, 3.8) is 0 Å². The largest absolute Gasteiger partial charge is 0.339 e. The van der Waals surface area contributed by atoms with Gasteiger partial charge in [-0.25, -0.2) is 8.78 Å². The lowest BCUT2D eigenvalue weighted by Crippen LogP contribution is -2.47. The van der Waals surface area contributed by atoms with Gasteiger partial charge in [0, 0.05) is 31.6 Å². The standard InChI is InChI=1S/C24H28F2N4O/c1-24(2,3)23-27-21(28-31-23)16-29-12-14-30(15-13-29)22(17-4-8-19(25)9-5-17)18-6-10-20(26)11-7-18/h4-11,22H,12-16H2,1-3H3. The summed E-state index contributed by atoms with van der Waals surface area (Å²) < 4.78 is 32.4. The topological polar surface area (TPSA) is 45.4 Å². The third-order valence-electron chi connectivity index (χ3n) is 5.62. The molecular formula is C24H28F2N4O. The maximum Gasteiger partial charge on any atom is 0.232 e. The van der Waals surface area contributed by atoms with Crippen LogP contribution in [0.2, 0.25) is 0 Å². The smallest absolute Gasteiger partial charge is 0.232 e. The van der Waals surface area contributed by atoms with Gasteiger partial charge in [-0.05, 0) is 35.4 Å². The molecule has 0 spiro atoms. The van der Waals surface area contributed by atoms with E-state index in [1.165, 1.54) is 24.3 Å². The summed E-state index contributed by atoms with van der Waals surface area (Å²) in [5.41, 5.74) is 1.82. The molecule has 0 atom stereocenters. The molecule has 1 aromatic heterocycles. The first-order valence-corrected chi connectivity index (χ1v) is 10.6. The van der Waals surface area contributed by atoms with E-state index < -0.39 is 0 Å². The highest BCUT2D eigenvalue weighted by Gasteiger charge is 2.28. The van der Waals surface area contributed by atoms with Crippen LogP contribution in [0.5, 0.6) is 0 Å². The molecule has 1 saturated heterocycles. The highest BCUT2D eigenvalue weighted by atomic mass is 19.1. The Morgan fingerprint density at radius 3 is 1.84 bits per heavy atom. The highest BCUT2D eigenvalue weighted by molar-refractivity contribution is 5.32. The third kappa shape index (κ3) is 5.17. The fourth-order valence-electron chi connectivity index (χ4n) is 3.91. The van der Waals surface area contributed by atoms with Gasteiger partial charge in [0.25, 0.3) is 0 Å². The number of aromatic nitrogens is 2. The quantitative estimate of drug-likeness (QED) is 0.599. The maximum absolute atomic E-state index is 13.5. The average molecular weight is 427 g/mol. The van der Waals surface area contributed by atoms with Gasteiger partial charge in [-0.15, -0.1) is 0 Å². The van der Waals surface area contributed by atoms with Crippen LogP contribution < -0.4 is 0 Å². The third-order valence-corrected chi connectivity index (χ3v) is 5.62. The molecule has 5 nitrogen and oxygen atoms in total. The molecule has 3 aromatic rings. The first-order chi connectivity index (χ1) is 14.8. The Kier molecular flexibility index (Phi) is 6.16. The van der Waals surface area contributed by atoms with Gasteiger partial charge in [0.2, 0.25) is 5.89 Å². The summed E-state index contributed by atoms with van der Waals surface area (Å²) in [6.45, 7) is 10.1. The Morgan fingerprint density at radius 1 is 0.871 bits per heavy atom. The number of benzene rings is 2. The van der Waals surface area contributed by atoms with Gasteiger partial charge >= 0.3 is 0 Å². The molecule has 0 aliphatic carbocycles. The van der Waals surface area contributed by atoms with Crippen LogP contribution in [-0.4, -0.2) is 46.1 Å². The molecule has 2 heterocycles. The summed E-state index contributed by atoms with van der Waals surface area (Å²) in [6.07, 6.45) is 0. The molecule has 0 bridgehead atoms. The second-order valence-corrected chi connectivity index (χ2v) is 9.08. The molecule has 164 valence electrons. The van der Waals surface area contributed by atoms with Crippen LogP contribution in [-0.2, 0) is 12.0 Å². The number of piperazine rings is 1. The summed E-state index contributed by atoms with van der Waals surface area (Å²) in [5, 5.41) is 4.13. The molecule has 1 aliphatic heterocycles. The predicted octanol–water partition coefficient (Wildman–Crippen LogP) is 4.55. The van der Waals surface area contributed by atoms with Gasteiger partial charge in [-0.3, -0.25) is 9.80 Å². The second kappa shape index (κ2) is 8.85. The van der Waals surface area contributed by atoms with Gasteiger partial charge in [-0.2, -0.15) is 4.98 Å². The zero-order valence-electron chi connectivity index (χ0n) is 18.2. The average Bonchev–Trinajstić information content (AvgIpc) is 3.21. The molecule has 7 heteroatoms. The van der Waals surface area contributed by atoms with Crippen molar-refractivity contribution in [3.05, 3.63) is 83.0 Å². The molecular weight excluding hydrogens is 398 g/mol. The van der Waals surface area contributed by atoms with E-state index in [4.69, 9.17) is 4.52 Å². The van der Waals surface area contributed by atoms with E-state index >= 15 is 0 Å². The molecule has 1 fully saturated rings. The van der Waals surface area contributed by atoms with Crippen LogP contribution >= 0.6 is 0 Å². The fraction of sp³-hybridized carbons (Fsp3) is 0.417. The summed E-state index contributed by atoms with van der Waals surface area (Å²) in [6, 6.07) is 13.1. The molecule has 0 radical (unpaired) electrons. The van der Waals surface area contributed by atoms with E-state index in [1.807, 2.05) is 45.0 Å². The van der Waals surface area contributed by atoms with Gasteiger partial charge in [0.1, 0.15) is 11.6 Å². The molecule has 0 N–H and O–H groups in total. The minimum absolute atomic E-state index is 0.0546. The van der Waals surface area contributed by atoms with Crippen molar-refractivity contribution in [2.75, 3.05) is 26.2 Å². The number of nitrogens with zero attached hydrogens (tertiary/aromatic N) is 4. The van der Waals surface area contributed by atoms with Crippen molar-refractivity contribution in [1.29, 1.82) is 0 Å². The van der Waals surface area contributed by atoms with Crippen LogP contribution in [0.4, 0.5) is 8.78 Å². The Hall–Kier alpha value is -2.64. The maximum atomic E-state index is 13.5. The van der Waals surface area contributed by atoms with Crippen LogP contribution in [0.3, 0.4) is 0 Å². The van der Waals surface area contributed by atoms with Crippen molar-refractivity contribution in [3.8, 4) is 0 Å². The number of halogens is 2. The SMILES string of the molecule is CC(C)(C)c1nc(CN2CCN(C(c3ccc(F)cc3)c3ccc(F)cc3)CC2)no1. The lowest BCUT2D eigenvalue weighted by Gasteiger charge is -2.39. The van der Waals surface area contributed by atoms with Crippen molar-refractivity contribution < 1.29 is 13.3 Å². The van der Waals surface area contributed by atoms with Crippen molar-refractivity contribution >= 4 is 0 Å². The molecule has 0 saturated carbocycles. The van der Waals surface area contributed by atoms with Crippen molar-refractivity contribution in [2.45, 2.75) is 38.8 Å². The zero-order valence-corrected chi connectivity index (χ0v) is 18.2. The van der Waals surface area contributed by atoms with Crippen molar-refractivity contribution in [1.82, 2.24) is 19.9 Å². The highest BCUT2D eigenvalue weighted by Crippen LogP contribution is 2.30. The van der Waals surface area contributed by atoms with Gasteiger partial charge in [0.05, 0.1) is 12.6 Å². The zero-order chi connectivity index (χ0) is 22.0. The lowest BCUT2D eigenvalue weighted by molar-refractivity contribution is 0.102. The molecule has 0 unspecified atom stereocenters. The van der Waals surface area contributed by atoms with E-state index in [0.717, 1.165) is 37.3 Å². The minimum atomic E-state index is -0.263. The normalized spacial score (nSPS) is 16.2. The number of hydrogen-bond donors (Lipinski definition) is 0. The summed E-state index contributed by atoms with van der Waals surface area (Å²) in [7, 11) is 0. The van der Waals surface area contributed by atoms with Gasteiger partial charge < -0.3 is 4.52 Å². The fourth-order valence-corrected chi connectivity index (χ4v) is 3.91. The monoisotopic (exact) mass is 426 g/mol. The molecule has 0 amide bonds. The van der Waals surface area contributed by atoms with Gasteiger partial charge in [-0.1, -0.05) is 50.2 Å². The first kappa shape index (κ1) is 21.6. The summed E-state index contributed by atoms with van der Waals surface area (Å²) in [4.78, 5) is 9.20. The minimum Gasteiger partial charge on any atom is -0.339 e. The number of hydrogen-bond acceptors (Lipinski definition) is 5. The van der Waals surface area contributed by atoms with Crippen LogP contribution in [0.25, 0.3) is 0 Å². The first-order valence-electron chi connectivity index (χ1n) is 10.6. The van der Waals surface area contributed by atoms with Crippen molar-refractivity contribution in [2.24, 2.45) is 0 Å². The molecule has 4 rings (SSSR count). The van der Waals surface area contributed by atoms with Crippen LogP contribution in [0.15, 0.2) is 53.1 Å². The van der Waals surface area contributed by atoms with E-state index in [9.17, 15) is 8.78 Å². The Morgan fingerprint density at radius 2 is 1.39 bits per heavy atom. The lowest BCUT2D eigenvalue weighted by atomic mass is 9.96. The van der Waals surface area contributed by atoms with Gasteiger partial charge in [0.15, 0.2) is 5.82 Å². The Balaban J connectivity index is 1.46. The Labute approximate surface area is 181 Å². The molecule has 2 aromatic carbocycles. The van der Waals surface area contributed by atoms with E-state index in [1.54, 1.807) is 0 Å². The number of rotatable bonds is 5. The van der Waals surface area contributed by atoms with Crippen LogP contribution in [0.1, 0.15) is 49.7 Å². The second-order valence-electron chi connectivity index (χ2n) is 9.08.